The van der Waals surface area contributed by atoms with Crippen molar-refractivity contribution in [3.63, 3.8) is 0 Å². The Hall–Kier alpha value is -0.700. The van der Waals surface area contributed by atoms with E-state index in [2.05, 4.69) is 0 Å². The van der Waals surface area contributed by atoms with Crippen LogP contribution < -0.4 is 0 Å². The first-order valence-electron chi connectivity index (χ1n) is 4.18. The van der Waals surface area contributed by atoms with Gasteiger partial charge in [-0.15, -0.1) is 0 Å². The van der Waals surface area contributed by atoms with Crippen molar-refractivity contribution in [3.05, 3.63) is 12.0 Å². The van der Waals surface area contributed by atoms with Gasteiger partial charge >= 0.3 is 0 Å². The molecule has 1 heterocycles. The molecule has 12 heavy (non-hydrogen) atoms. The molecule has 0 aliphatic carbocycles. The molecule has 0 saturated carbocycles. The van der Waals surface area contributed by atoms with Gasteiger partial charge in [0.25, 0.3) is 5.95 Å². The summed E-state index contributed by atoms with van der Waals surface area (Å²) in [7, 11) is 0. The van der Waals surface area contributed by atoms with Gasteiger partial charge in [0, 0.05) is 6.08 Å². The van der Waals surface area contributed by atoms with E-state index < -0.39 is 0 Å². The predicted octanol–water partition coefficient (Wildman–Crippen LogP) is 1.69. The van der Waals surface area contributed by atoms with Crippen molar-refractivity contribution in [2.75, 3.05) is 19.8 Å². The molecule has 1 saturated heterocycles. The second kappa shape index (κ2) is 3.81. The molecular formula is C9H16O3. The molecule has 0 unspecified atom stereocenters. The van der Waals surface area contributed by atoms with E-state index in [9.17, 15) is 0 Å². The smallest absolute Gasteiger partial charge is 0.277 e. The predicted molar refractivity (Wildman–Crippen MR) is 45.7 cm³/mol. The number of hydrogen-bond donors (Lipinski definition) is 0. The van der Waals surface area contributed by atoms with Crippen molar-refractivity contribution >= 4 is 0 Å². The second-order valence-electron chi connectivity index (χ2n) is 3.64. The Bertz CT molecular complexity index is 159. The van der Waals surface area contributed by atoms with Gasteiger partial charge in [0.2, 0.25) is 0 Å². The summed E-state index contributed by atoms with van der Waals surface area (Å²) in [5, 5.41) is 0. The van der Waals surface area contributed by atoms with Crippen LogP contribution in [0.25, 0.3) is 0 Å². The standard InChI is InChI=1S/C9H16O3/c1-9(2,3)12-5-4-8-10-6-7-11-8/h4H,5-7H2,1-3H3. The Labute approximate surface area is 73.3 Å². The van der Waals surface area contributed by atoms with E-state index in [-0.39, 0.29) is 5.60 Å². The van der Waals surface area contributed by atoms with Gasteiger partial charge in [0.1, 0.15) is 13.2 Å². The van der Waals surface area contributed by atoms with Crippen LogP contribution in [0.5, 0.6) is 0 Å². The zero-order valence-electron chi connectivity index (χ0n) is 7.92. The van der Waals surface area contributed by atoms with Crippen molar-refractivity contribution in [2.45, 2.75) is 26.4 Å². The Morgan fingerprint density at radius 2 is 1.92 bits per heavy atom. The molecule has 1 fully saturated rings. The first-order chi connectivity index (χ1) is 5.58. The maximum atomic E-state index is 5.45. The van der Waals surface area contributed by atoms with Gasteiger partial charge < -0.3 is 14.2 Å². The monoisotopic (exact) mass is 172 g/mol. The summed E-state index contributed by atoms with van der Waals surface area (Å²) in [5.41, 5.74) is -0.102. The molecule has 3 heteroatoms. The molecule has 0 amide bonds. The third kappa shape index (κ3) is 3.62. The van der Waals surface area contributed by atoms with Crippen molar-refractivity contribution in [2.24, 2.45) is 0 Å². The Kier molecular flexibility index (Phi) is 2.98. The Morgan fingerprint density at radius 1 is 1.33 bits per heavy atom. The SMILES string of the molecule is CC(C)(C)OCC=C1OCCO1. The topological polar surface area (TPSA) is 27.7 Å². The van der Waals surface area contributed by atoms with Crippen LogP contribution in [0.15, 0.2) is 12.0 Å². The van der Waals surface area contributed by atoms with Crippen LogP contribution in [-0.4, -0.2) is 25.4 Å². The van der Waals surface area contributed by atoms with Crippen molar-refractivity contribution < 1.29 is 14.2 Å². The lowest BCUT2D eigenvalue weighted by Gasteiger charge is -2.17. The molecule has 3 nitrogen and oxygen atoms in total. The maximum absolute atomic E-state index is 5.45. The fourth-order valence-corrected chi connectivity index (χ4v) is 0.804. The largest absolute Gasteiger partial charge is 0.462 e. The van der Waals surface area contributed by atoms with Crippen LogP contribution in [0.1, 0.15) is 20.8 Å². The summed E-state index contributed by atoms with van der Waals surface area (Å²) < 4.78 is 15.7. The average Bonchev–Trinajstić information content (AvgIpc) is 2.36. The minimum absolute atomic E-state index is 0.102. The molecule has 0 bridgehead atoms. The van der Waals surface area contributed by atoms with Gasteiger partial charge in [0.15, 0.2) is 0 Å². The highest BCUT2D eigenvalue weighted by Gasteiger charge is 2.11. The highest BCUT2D eigenvalue weighted by atomic mass is 16.7. The van der Waals surface area contributed by atoms with E-state index in [0.717, 1.165) is 0 Å². The van der Waals surface area contributed by atoms with Crippen LogP contribution >= 0.6 is 0 Å². The quantitative estimate of drug-likeness (QED) is 0.634. The molecule has 0 atom stereocenters. The van der Waals surface area contributed by atoms with Crippen molar-refractivity contribution in [3.8, 4) is 0 Å². The normalized spacial score (nSPS) is 17.1. The lowest BCUT2D eigenvalue weighted by molar-refractivity contribution is 0.0120. The van der Waals surface area contributed by atoms with E-state index in [1.54, 1.807) is 0 Å². The Morgan fingerprint density at radius 3 is 2.42 bits per heavy atom. The van der Waals surface area contributed by atoms with Crippen LogP contribution in [0.3, 0.4) is 0 Å². The second-order valence-corrected chi connectivity index (χ2v) is 3.64. The van der Waals surface area contributed by atoms with Crippen molar-refractivity contribution in [1.82, 2.24) is 0 Å². The Balaban J connectivity index is 2.20. The lowest BCUT2D eigenvalue weighted by atomic mass is 10.2. The van der Waals surface area contributed by atoms with Crippen LogP contribution in [0.4, 0.5) is 0 Å². The average molecular weight is 172 g/mol. The molecule has 0 aromatic rings. The fraction of sp³-hybridized carbons (Fsp3) is 0.778. The summed E-state index contributed by atoms with van der Waals surface area (Å²) in [4.78, 5) is 0. The first kappa shape index (κ1) is 9.39. The summed E-state index contributed by atoms with van der Waals surface area (Å²) in [5.74, 6) is 0.597. The van der Waals surface area contributed by atoms with Gasteiger partial charge in [0.05, 0.1) is 12.2 Å². The number of rotatable bonds is 2. The maximum Gasteiger partial charge on any atom is 0.277 e. The molecule has 1 aliphatic heterocycles. The number of ether oxygens (including phenoxy) is 3. The third-order valence-electron chi connectivity index (χ3n) is 1.34. The van der Waals surface area contributed by atoms with E-state index in [0.29, 0.717) is 25.8 Å². The lowest BCUT2D eigenvalue weighted by Crippen LogP contribution is -2.19. The van der Waals surface area contributed by atoms with E-state index in [1.807, 2.05) is 26.8 Å². The van der Waals surface area contributed by atoms with Gasteiger partial charge in [-0.2, -0.15) is 0 Å². The van der Waals surface area contributed by atoms with E-state index in [4.69, 9.17) is 14.2 Å². The molecule has 0 N–H and O–H groups in total. The van der Waals surface area contributed by atoms with E-state index in [1.165, 1.54) is 0 Å². The zero-order chi connectivity index (χ0) is 9.03. The third-order valence-corrected chi connectivity index (χ3v) is 1.34. The van der Waals surface area contributed by atoms with Gasteiger partial charge in [-0.3, -0.25) is 0 Å². The molecule has 0 aromatic heterocycles. The van der Waals surface area contributed by atoms with Crippen LogP contribution in [0.2, 0.25) is 0 Å². The highest BCUT2D eigenvalue weighted by molar-refractivity contribution is 4.87. The summed E-state index contributed by atoms with van der Waals surface area (Å²) in [6.45, 7) is 7.90. The van der Waals surface area contributed by atoms with Gasteiger partial charge in [-0.1, -0.05) is 0 Å². The summed E-state index contributed by atoms with van der Waals surface area (Å²) >= 11 is 0. The molecule has 0 aromatic carbocycles. The molecule has 1 aliphatic rings. The minimum atomic E-state index is -0.102. The van der Waals surface area contributed by atoms with E-state index >= 15 is 0 Å². The summed E-state index contributed by atoms with van der Waals surface area (Å²) in [6.07, 6.45) is 1.82. The molecule has 1 rings (SSSR count). The number of hydrogen-bond acceptors (Lipinski definition) is 3. The minimum Gasteiger partial charge on any atom is -0.462 e. The highest BCUT2D eigenvalue weighted by Crippen LogP contribution is 2.10. The fourth-order valence-electron chi connectivity index (χ4n) is 0.804. The molecule has 0 radical (unpaired) electrons. The van der Waals surface area contributed by atoms with Gasteiger partial charge in [-0.25, -0.2) is 0 Å². The van der Waals surface area contributed by atoms with Gasteiger partial charge in [-0.05, 0) is 20.8 Å². The van der Waals surface area contributed by atoms with Crippen molar-refractivity contribution in [1.29, 1.82) is 0 Å². The molecule has 0 spiro atoms. The zero-order valence-corrected chi connectivity index (χ0v) is 7.92. The first-order valence-corrected chi connectivity index (χ1v) is 4.18. The summed E-state index contributed by atoms with van der Waals surface area (Å²) in [6, 6.07) is 0. The molecule has 70 valence electrons. The van der Waals surface area contributed by atoms with Crippen LogP contribution in [-0.2, 0) is 14.2 Å². The molecular weight excluding hydrogens is 156 g/mol. The van der Waals surface area contributed by atoms with Crippen LogP contribution in [0, 0.1) is 0 Å².